The Labute approximate surface area is 180 Å². The first kappa shape index (κ1) is 21.2. The van der Waals surface area contributed by atoms with Crippen molar-refractivity contribution >= 4 is 0 Å². The number of ether oxygens (including phenoxy) is 2. The van der Waals surface area contributed by atoms with Crippen molar-refractivity contribution in [2.75, 3.05) is 40.3 Å². The van der Waals surface area contributed by atoms with Crippen molar-refractivity contribution in [3.8, 4) is 11.5 Å². The van der Waals surface area contributed by atoms with E-state index in [0.717, 1.165) is 69.0 Å². The van der Waals surface area contributed by atoms with Gasteiger partial charge >= 0.3 is 0 Å². The summed E-state index contributed by atoms with van der Waals surface area (Å²) in [5.41, 5.74) is 2.31. The van der Waals surface area contributed by atoms with Crippen molar-refractivity contribution in [1.82, 2.24) is 9.80 Å². The molecule has 4 rings (SSSR count). The first-order valence-corrected chi connectivity index (χ1v) is 11.0. The molecule has 2 saturated heterocycles. The summed E-state index contributed by atoms with van der Waals surface area (Å²) in [6.07, 6.45) is 2.91. The van der Waals surface area contributed by atoms with Gasteiger partial charge in [-0.25, -0.2) is 0 Å². The van der Waals surface area contributed by atoms with Crippen molar-refractivity contribution in [1.29, 1.82) is 0 Å². The lowest BCUT2D eigenvalue weighted by Crippen LogP contribution is -2.58. The molecule has 0 amide bonds. The van der Waals surface area contributed by atoms with Crippen molar-refractivity contribution in [2.45, 2.75) is 38.5 Å². The Hall–Kier alpha value is -2.08. The maximum absolute atomic E-state index is 10.8. The predicted octanol–water partition coefficient (Wildman–Crippen LogP) is 3.55. The van der Waals surface area contributed by atoms with Gasteiger partial charge in [-0.15, -0.1) is 0 Å². The van der Waals surface area contributed by atoms with Gasteiger partial charge in [0.15, 0.2) is 0 Å². The molecule has 0 saturated carbocycles. The number of hydrogen-bond acceptors (Lipinski definition) is 5. The van der Waals surface area contributed by atoms with Gasteiger partial charge < -0.3 is 19.5 Å². The Balaban J connectivity index is 1.42. The van der Waals surface area contributed by atoms with E-state index >= 15 is 0 Å². The van der Waals surface area contributed by atoms with E-state index in [-0.39, 0.29) is 11.5 Å². The summed E-state index contributed by atoms with van der Waals surface area (Å²) in [5.74, 6) is 1.68. The van der Waals surface area contributed by atoms with Gasteiger partial charge in [0.1, 0.15) is 18.1 Å². The largest absolute Gasteiger partial charge is 0.496 e. The minimum absolute atomic E-state index is 0.00276. The first-order valence-electron chi connectivity index (χ1n) is 11.0. The van der Waals surface area contributed by atoms with Crippen LogP contribution in [0.1, 0.15) is 30.4 Å². The van der Waals surface area contributed by atoms with E-state index in [4.69, 9.17) is 9.47 Å². The highest BCUT2D eigenvalue weighted by molar-refractivity contribution is 5.41. The molecule has 1 spiro atoms. The number of likely N-dealkylation sites (tertiary alicyclic amines) is 2. The fraction of sp³-hybridized carbons (Fsp3) is 0.520. The second kappa shape index (κ2) is 9.38. The van der Waals surface area contributed by atoms with Gasteiger partial charge in [0.25, 0.3) is 0 Å². The second-order valence-electron chi connectivity index (χ2n) is 8.97. The van der Waals surface area contributed by atoms with Crippen LogP contribution in [0.25, 0.3) is 0 Å². The smallest absolute Gasteiger partial charge is 0.127 e. The molecule has 1 N–H and O–H groups in total. The lowest BCUT2D eigenvalue weighted by molar-refractivity contribution is -0.0808. The van der Waals surface area contributed by atoms with Crippen LogP contribution in [-0.2, 0) is 13.2 Å². The molecule has 2 atom stereocenters. The number of hydrogen-bond donors (Lipinski definition) is 1. The molecule has 0 aromatic heterocycles. The zero-order valence-corrected chi connectivity index (χ0v) is 18.2. The van der Waals surface area contributed by atoms with Crippen molar-refractivity contribution in [2.24, 2.45) is 5.41 Å². The van der Waals surface area contributed by atoms with Crippen LogP contribution >= 0.6 is 0 Å². The van der Waals surface area contributed by atoms with Crippen LogP contribution in [-0.4, -0.2) is 61.3 Å². The average Bonchev–Trinajstić information content (AvgIpc) is 2.77. The summed E-state index contributed by atoms with van der Waals surface area (Å²) in [7, 11) is 3.89. The topological polar surface area (TPSA) is 45.2 Å². The van der Waals surface area contributed by atoms with Crippen LogP contribution in [0.4, 0.5) is 0 Å². The predicted molar refractivity (Wildman–Crippen MR) is 119 cm³/mol. The van der Waals surface area contributed by atoms with E-state index in [1.54, 1.807) is 7.11 Å². The summed E-state index contributed by atoms with van der Waals surface area (Å²) < 4.78 is 11.7. The second-order valence-corrected chi connectivity index (χ2v) is 8.97. The monoisotopic (exact) mass is 410 g/mol. The number of nitrogens with zero attached hydrogens (tertiary/aromatic N) is 2. The van der Waals surface area contributed by atoms with Crippen LogP contribution in [0, 0.1) is 5.41 Å². The highest BCUT2D eigenvalue weighted by atomic mass is 16.5. The van der Waals surface area contributed by atoms with Gasteiger partial charge in [-0.1, -0.05) is 36.4 Å². The Morgan fingerprint density at radius 2 is 1.93 bits per heavy atom. The van der Waals surface area contributed by atoms with E-state index in [0.29, 0.717) is 6.61 Å². The van der Waals surface area contributed by atoms with Crippen LogP contribution in [0.15, 0.2) is 48.5 Å². The molecule has 0 radical (unpaired) electrons. The van der Waals surface area contributed by atoms with Crippen LogP contribution in [0.2, 0.25) is 0 Å². The number of aliphatic hydroxyl groups is 1. The summed E-state index contributed by atoms with van der Waals surface area (Å²) in [4.78, 5) is 4.85. The molecule has 5 heteroatoms. The molecule has 5 nitrogen and oxygen atoms in total. The maximum atomic E-state index is 10.8. The Kier molecular flexibility index (Phi) is 6.61. The third-order valence-corrected chi connectivity index (χ3v) is 6.66. The highest BCUT2D eigenvalue weighted by Crippen LogP contribution is 2.39. The molecule has 2 heterocycles. The van der Waals surface area contributed by atoms with Gasteiger partial charge in [-0.05, 0) is 44.5 Å². The molecule has 2 aliphatic heterocycles. The van der Waals surface area contributed by atoms with E-state index in [1.807, 2.05) is 30.3 Å². The number of rotatable bonds is 6. The lowest BCUT2D eigenvalue weighted by atomic mass is 9.71. The minimum Gasteiger partial charge on any atom is -0.496 e. The van der Waals surface area contributed by atoms with E-state index in [9.17, 15) is 5.11 Å². The van der Waals surface area contributed by atoms with Crippen LogP contribution in [0.5, 0.6) is 11.5 Å². The van der Waals surface area contributed by atoms with E-state index < -0.39 is 0 Å². The maximum Gasteiger partial charge on any atom is 0.127 e. The molecule has 0 unspecified atom stereocenters. The third-order valence-electron chi connectivity index (χ3n) is 6.66. The van der Waals surface area contributed by atoms with Crippen molar-refractivity contribution < 1.29 is 14.6 Å². The van der Waals surface area contributed by atoms with Gasteiger partial charge in [-0.2, -0.15) is 0 Å². The molecule has 162 valence electrons. The van der Waals surface area contributed by atoms with Gasteiger partial charge in [0.05, 0.1) is 13.2 Å². The summed E-state index contributed by atoms with van der Waals surface area (Å²) >= 11 is 0. The molecular formula is C25H34N2O3. The SMILES string of the molecule is COc1cc(OCc2ccccc2)ccc1CN1CCC[C@]2(CN(C)CC[C@@H]2O)C1. The summed E-state index contributed by atoms with van der Waals surface area (Å²) in [5, 5.41) is 10.8. The molecule has 2 aliphatic rings. The molecule has 30 heavy (non-hydrogen) atoms. The van der Waals surface area contributed by atoms with Gasteiger partial charge in [0, 0.05) is 43.2 Å². The first-order chi connectivity index (χ1) is 14.6. The molecule has 0 aliphatic carbocycles. The van der Waals surface area contributed by atoms with Gasteiger partial charge in [0.2, 0.25) is 0 Å². The quantitative estimate of drug-likeness (QED) is 0.789. The van der Waals surface area contributed by atoms with Crippen LogP contribution < -0.4 is 9.47 Å². The number of piperidine rings is 2. The van der Waals surface area contributed by atoms with Gasteiger partial charge in [-0.3, -0.25) is 4.90 Å². The molecule has 2 fully saturated rings. The van der Waals surface area contributed by atoms with E-state index in [2.05, 4.69) is 35.0 Å². The fourth-order valence-corrected chi connectivity index (χ4v) is 5.09. The van der Waals surface area contributed by atoms with Crippen molar-refractivity contribution in [3.05, 3.63) is 59.7 Å². The zero-order valence-electron chi connectivity index (χ0n) is 18.2. The lowest BCUT2D eigenvalue weighted by Gasteiger charge is -2.50. The Bertz CT molecular complexity index is 828. The summed E-state index contributed by atoms with van der Waals surface area (Å²) in [6, 6.07) is 16.3. The Morgan fingerprint density at radius 1 is 1.10 bits per heavy atom. The fourth-order valence-electron chi connectivity index (χ4n) is 5.09. The molecular weight excluding hydrogens is 376 g/mol. The Morgan fingerprint density at radius 3 is 2.73 bits per heavy atom. The molecule has 2 aromatic carbocycles. The van der Waals surface area contributed by atoms with Crippen LogP contribution in [0.3, 0.4) is 0 Å². The normalized spacial score (nSPS) is 25.4. The molecule has 0 bridgehead atoms. The number of methoxy groups -OCH3 is 1. The number of aliphatic hydroxyl groups excluding tert-OH is 1. The highest BCUT2D eigenvalue weighted by Gasteiger charge is 2.44. The third kappa shape index (κ3) is 4.80. The molecule has 2 aromatic rings. The van der Waals surface area contributed by atoms with E-state index in [1.165, 1.54) is 5.56 Å². The summed E-state index contributed by atoms with van der Waals surface area (Å²) in [6.45, 7) is 5.35. The number of benzene rings is 2. The standard InChI is InChI=1S/C25H34N2O3/c1-26-14-11-24(28)25(18-26)12-6-13-27(19-25)16-21-9-10-22(15-23(21)29-2)30-17-20-7-4-3-5-8-20/h3-5,7-10,15,24,28H,6,11-14,16-19H2,1-2H3/t24-,25-/m0/s1. The van der Waals surface area contributed by atoms with Crippen molar-refractivity contribution in [3.63, 3.8) is 0 Å². The average molecular weight is 411 g/mol. The zero-order chi connectivity index (χ0) is 21.0. The minimum atomic E-state index is -0.202.